The highest BCUT2D eigenvalue weighted by Crippen LogP contribution is 2.53. The first kappa shape index (κ1) is 27.2. The van der Waals surface area contributed by atoms with Crippen LogP contribution in [0.2, 0.25) is 0 Å². The quantitative estimate of drug-likeness (QED) is 0.194. The third-order valence-electron chi connectivity index (χ3n) is 8.20. The number of anilines is 2. The molecule has 0 radical (unpaired) electrons. The summed E-state index contributed by atoms with van der Waals surface area (Å²) in [7, 11) is 6.78. The SMILES string of the molecule is CN(C)c1cc(NCc2cc[nH]n2)c(O)c2c1C[C@H]1CC3[C@H](N(C)C)C(O)=C(C(N)=O)C(=O)[C@@]3(O)C(O)=C1C2=O. The molecule has 0 bridgehead atoms. The molecule has 3 aliphatic rings. The number of allylic oxidation sites excluding steroid dienone is 1. The number of amides is 1. The molecule has 2 aromatic rings. The number of phenolic OH excluding ortho intramolecular Hbond substituents is 1. The molecule has 0 aliphatic heterocycles. The van der Waals surface area contributed by atoms with Crippen LogP contribution in [-0.4, -0.2) is 92.8 Å². The number of hydrogen-bond acceptors (Lipinski definition) is 11. The van der Waals surface area contributed by atoms with Gasteiger partial charge in [-0.25, -0.2) is 0 Å². The number of benzene rings is 1. The van der Waals surface area contributed by atoms with Gasteiger partial charge in [-0.1, -0.05) is 0 Å². The molecule has 3 aliphatic carbocycles. The first-order valence-corrected chi connectivity index (χ1v) is 12.7. The number of aromatic hydroxyl groups is 1. The van der Waals surface area contributed by atoms with E-state index in [1.165, 1.54) is 4.90 Å². The van der Waals surface area contributed by atoms with Gasteiger partial charge in [-0.3, -0.25) is 24.4 Å². The lowest BCUT2D eigenvalue weighted by Gasteiger charge is -2.50. The van der Waals surface area contributed by atoms with Crippen LogP contribution in [-0.2, 0) is 22.6 Å². The Morgan fingerprint density at radius 2 is 1.93 bits per heavy atom. The first-order chi connectivity index (χ1) is 18.8. The minimum atomic E-state index is -2.68. The summed E-state index contributed by atoms with van der Waals surface area (Å²) in [6.07, 6.45) is 1.88. The van der Waals surface area contributed by atoms with Crippen LogP contribution in [0.4, 0.5) is 11.4 Å². The lowest BCUT2D eigenvalue weighted by atomic mass is 9.58. The Bertz CT molecular complexity index is 1490. The van der Waals surface area contributed by atoms with Crippen molar-refractivity contribution in [3.05, 3.63) is 57.8 Å². The van der Waals surface area contributed by atoms with Crippen LogP contribution in [0.3, 0.4) is 0 Å². The number of aromatic nitrogens is 2. The van der Waals surface area contributed by atoms with Crippen LogP contribution in [0, 0.1) is 11.8 Å². The van der Waals surface area contributed by atoms with E-state index in [0.717, 1.165) is 0 Å². The first-order valence-electron chi connectivity index (χ1n) is 12.7. The van der Waals surface area contributed by atoms with Gasteiger partial charge in [0.1, 0.15) is 22.8 Å². The van der Waals surface area contributed by atoms with Gasteiger partial charge in [0.15, 0.2) is 11.4 Å². The van der Waals surface area contributed by atoms with Gasteiger partial charge in [0.2, 0.25) is 5.78 Å². The number of phenols is 1. The number of nitrogens with two attached hydrogens (primary N) is 1. The molecule has 40 heavy (non-hydrogen) atoms. The number of primary amides is 1. The maximum absolute atomic E-state index is 14.0. The van der Waals surface area contributed by atoms with Gasteiger partial charge in [-0.2, -0.15) is 5.10 Å². The third kappa shape index (κ3) is 3.76. The van der Waals surface area contributed by atoms with E-state index in [1.54, 1.807) is 51.4 Å². The molecule has 0 saturated carbocycles. The number of rotatable bonds is 6. The van der Waals surface area contributed by atoms with Gasteiger partial charge in [0.05, 0.1) is 29.5 Å². The van der Waals surface area contributed by atoms with Crippen molar-refractivity contribution in [2.75, 3.05) is 38.4 Å². The minimum absolute atomic E-state index is 0.0263. The van der Waals surface area contributed by atoms with Crippen LogP contribution < -0.4 is 16.0 Å². The topological polar surface area (TPSA) is 205 Å². The highest BCUT2D eigenvalue weighted by atomic mass is 16.3. The number of aliphatic hydroxyl groups is 3. The van der Waals surface area contributed by atoms with Crippen molar-refractivity contribution in [3.8, 4) is 5.75 Å². The summed E-state index contributed by atoms with van der Waals surface area (Å²) in [6, 6.07) is 2.44. The number of carbonyl (C=O) groups excluding carboxylic acids is 3. The molecule has 5 rings (SSSR count). The second-order valence-corrected chi connectivity index (χ2v) is 10.9. The van der Waals surface area contributed by atoms with E-state index in [4.69, 9.17) is 5.73 Å². The fourth-order valence-electron chi connectivity index (χ4n) is 6.41. The fraction of sp³-hybridized carbons (Fsp3) is 0.407. The van der Waals surface area contributed by atoms with E-state index >= 15 is 0 Å². The molecule has 8 N–H and O–H groups in total. The highest BCUT2D eigenvalue weighted by molar-refractivity contribution is 6.25. The molecule has 1 amide bonds. The van der Waals surface area contributed by atoms with E-state index in [9.17, 15) is 34.8 Å². The van der Waals surface area contributed by atoms with E-state index in [0.29, 0.717) is 16.9 Å². The smallest absolute Gasteiger partial charge is 0.255 e. The summed E-state index contributed by atoms with van der Waals surface area (Å²) in [6.45, 7) is 0.251. The molecule has 13 nitrogen and oxygen atoms in total. The van der Waals surface area contributed by atoms with Gasteiger partial charge in [0.25, 0.3) is 5.91 Å². The normalized spacial score (nSPS) is 26.0. The number of H-pyrrole nitrogens is 1. The Morgan fingerprint density at radius 1 is 1.23 bits per heavy atom. The van der Waals surface area contributed by atoms with Crippen molar-refractivity contribution in [3.63, 3.8) is 0 Å². The number of aliphatic hydroxyl groups excluding tert-OH is 2. The molecule has 4 atom stereocenters. The highest BCUT2D eigenvalue weighted by Gasteiger charge is 2.63. The molecule has 0 fully saturated rings. The standard InChI is InChI=1S/C27H32N6O7/c1-32(2)16-9-15(29-10-12-5-6-30-31-12)21(34)18-13(16)7-11-8-14-20(33(3)4)23(36)19(26(28)39)25(38)27(14,40)24(37)17(11)22(18)35/h5-6,9,11,14,20,29,34,36-37,40H,7-8,10H2,1-4H3,(H2,28,39)(H,30,31)/t11-,14?,20-,27-/m0/s1. The summed E-state index contributed by atoms with van der Waals surface area (Å²) in [5.41, 5.74) is 3.74. The van der Waals surface area contributed by atoms with Crippen LogP contribution >= 0.6 is 0 Å². The Balaban J connectivity index is 1.67. The number of aromatic amines is 1. The van der Waals surface area contributed by atoms with Crippen LogP contribution in [0.15, 0.2) is 41.0 Å². The molecule has 1 heterocycles. The lowest BCUT2D eigenvalue weighted by molar-refractivity contribution is -0.148. The van der Waals surface area contributed by atoms with Gasteiger partial charge in [-0.15, -0.1) is 0 Å². The van der Waals surface area contributed by atoms with Crippen LogP contribution in [0.5, 0.6) is 5.75 Å². The maximum atomic E-state index is 14.0. The molecular formula is C27H32N6O7. The number of hydrogen-bond donors (Lipinski definition) is 7. The van der Waals surface area contributed by atoms with E-state index in [-0.39, 0.29) is 42.0 Å². The fourth-order valence-corrected chi connectivity index (χ4v) is 6.41. The summed E-state index contributed by atoms with van der Waals surface area (Å²) in [5.74, 6) is -6.84. The molecule has 1 unspecified atom stereocenters. The Kier molecular flexibility index (Phi) is 6.38. The van der Waals surface area contributed by atoms with Gasteiger partial charge in [-0.05, 0) is 50.6 Å². The van der Waals surface area contributed by atoms with E-state index in [1.807, 2.05) is 0 Å². The zero-order valence-corrected chi connectivity index (χ0v) is 22.5. The number of likely N-dealkylation sites (N-methyl/N-ethyl adjacent to an activating group) is 1. The molecule has 212 valence electrons. The number of carbonyl (C=O) groups is 3. The summed E-state index contributed by atoms with van der Waals surface area (Å²) in [4.78, 5) is 42.9. The average Bonchev–Trinajstić information content (AvgIpc) is 3.39. The summed E-state index contributed by atoms with van der Waals surface area (Å²) >= 11 is 0. The molecule has 0 saturated heterocycles. The third-order valence-corrected chi connectivity index (χ3v) is 8.20. The molecular weight excluding hydrogens is 520 g/mol. The Morgan fingerprint density at radius 3 is 2.50 bits per heavy atom. The van der Waals surface area contributed by atoms with Crippen molar-refractivity contribution >= 4 is 28.8 Å². The van der Waals surface area contributed by atoms with Gasteiger partial charge < -0.3 is 36.4 Å². The number of fused-ring (bicyclic) bond motifs is 3. The summed E-state index contributed by atoms with van der Waals surface area (Å²) < 4.78 is 0. The van der Waals surface area contributed by atoms with Crippen molar-refractivity contribution in [2.24, 2.45) is 17.6 Å². The molecule has 1 aromatic carbocycles. The summed E-state index contributed by atoms with van der Waals surface area (Å²) in [5, 5.41) is 55.2. The van der Waals surface area contributed by atoms with Gasteiger partial charge >= 0.3 is 0 Å². The number of nitrogens with one attached hydrogen (secondary N) is 2. The monoisotopic (exact) mass is 552 g/mol. The maximum Gasteiger partial charge on any atom is 0.255 e. The molecule has 1 aromatic heterocycles. The zero-order chi connectivity index (χ0) is 29.3. The largest absolute Gasteiger partial charge is 0.510 e. The van der Waals surface area contributed by atoms with Crippen molar-refractivity contribution in [1.82, 2.24) is 15.1 Å². The zero-order valence-electron chi connectivity index (χ0n) is 22.5. The average molecular weight is 553 g/mol. The second kappa shape index (κ2) is 9.38. The lowest BCUT2D eigenvalue weighted by Crippen LogP contribution is -2.63. The van der Waals surface area contributed by atoms with Gasteiger partial charge in [0, 0.05) is 37.5 Å². The number of Topliss-reactive ketones (excluding diaryl/α,β-unsaturated/α-hetero) is 2. The van der Waals surface area contributed by atoms with E-state index < -0.39 is 58.0 Å². The molecule has 13 heteroatoms. The predicted octanol–water partition coefficient (Wildman–Crippen LogP) is 0.522. The Labute approximate surface area is 229 Å². The van der Waals surface area contributed by atoms with Crippen molar-refractivity contribution < 1.29 is 34.8 Å². The van der Waals surface area contributed by atoms with E-state index in [2.05, 4.69) is 15.5 Å². The Hall–Kier alpha value is -4.36. The minimum Gasteiger partial charge on any atom is -0.510 e. The van der Waals surface area contributed by atoms with Crippen LogP contribution in [0.25, 0.3) is 0 Å². The van der Waals surface area contributed by atoms with Crippen molar-refractivity contribution in [1.29, 1.82) is 0 Å². The number of ketones is 2. The molecule has 0 spiro atoms. The van der Waals surface area contributed by atoms with Crippen molar-refractivity contribution in [2.45, 2.75) is 31.0 Å². The number of nitrogens with zero attached hydrogens (tertiary/aromatic N) is 3. The van der Waals surface area contributed by atoms with Crippen LogP contribution in [0.1, 0.15) is 28.0 Å². The predicted molar refractivity (Wildman–Crippen MR) is 144 cm³/mol. The second-order valence-electron chi connectivity index (χ2n) is 10.9.